The number of anilines is 1. The van der Waals surface area contributed by atoms with Crippen molar-refractivity contribution in [3.05, 3.63) is 69.7 Å². The molecule has 0 atom stereocenters. The number of carbonyl (C=O) groups excluding carboxylic acids is 2. The monoisotopic (exact) mass is 375 g/mol. The van der Waals surface area contributed by atoms with Crippen molar-refractivity contribution in [1.29, 1.82) is 0 Å². The second kappa shape index (κ2) is 9.01. The van der Waals surface area contributed by atoms with Gasteiger partial charge in [-0.3, -0.25) is 9.59 Å². The summed E-state index contributed by atoms with van der Waals surface area (Å²) in [5.74, 6) is -1.75. The van der Waals surface area contributed by atoms with Crippen LogP contribution in [0.15, 0.2) is 59.2 Å². The van der Waals surface area contributed by atoms with Crippen LogP contribution < -0.4 is 10.7 Å². The van der Waals surface area contributed by atoms with Crippen LogP contribution in [0.2, 0.25) is 10.0 Å². The number of nitrogens with zero attached hydrogens (tertiary/aromatic N) is 1. The van der Waals surface area contributed by atoms with E-state index in [1.54, 1.807) is 0 Å². The van der Waals surface area contributed by atoms with Crippen LogP contribution >= 0.6 is 23.2 Å². The van der Waals surface area contributed by atoms with Gasteiger partial charge in [0.2, 0.25) is 0 Å². The molecule has 0 radical (unpaired) electrons. The molecule has 128 valence electrons. The zero-order chi connectivity index (χ0) is 18.2. The average molecular weight is 376 g/mol. The molecule has 0 saturated heterocycles. The van der Waals surface area contributed by atoms with Gasteiger partial charge < -0.3 is 5.32 Å². The average Bonchev–Trinajstić information content (AvgIpc) is 2.59. The van der Waals surface area contributed by atoms with Crippen molar-refractivity contribution in [3.8, 4) is 0 Å². The molecule has 2 amide bonds. The Balaban J connectivity index is 1.89. The summed E-state index contributed by atoms with van der Waals surface area (Å²) < 4.78 is 0. The fourth-order valence-corrected chi connectivity index (χ4v) is 2.15. The topological polar surface area (TPSA) is 70.6 Å². The van der Waals surface area contributed by atoms with Crippen LogP contribution in [0.1, 0.15) is 12.5 Å². The Hall–Kier alpha value is -2.63. The third-order valence-electron chi connectivity index (χ3n) is 3.01. The molecule has 7 heteroatoms. The highest BCUT2D eigenvalue weighted by Crippen LogP contribution is 2.24. The van der Waals surface area contributed by atoms with Crippen molar-refractivity contribution in [2.45, 2.75) is 6.92 Å². The quantitative estimate of drug-likeness (QED) is 0.478. The number of benzene rings is 2. The van der Waals surface area contributed by atoms with Crippen LogP contribution in [-0.2, 0) is 9.59 Å². The Labute approximate surface area is 155 Å². The molecular weight excluding hydrogens is 361 g/mol. The smallest absolute Gasteiger partial charge is 0.318 e. The molecule has 0 aromatic heterocycles. The highest BCUT2D eigenvalue weighted by atomic mass is 35.5. The van der Waals surface area contributed by atoms with Crippen molar-refractivity contribution in [2.24, 2.45) is 5.10 Å². The van der Waals surface area contributed by atoms with E-state index in [4.69, 9.17) is 23.2 Å². The van der Waals surface area contributed by atoms with Gasteiger partial charge in [-0.2, -0.15) is 5.10 Å². The fraction of sp³-hybridized carbons (Fsp3) is 0.0556. The summed E-state index contributed by atoms with van der Waals surface area (Å²) in [5, 5.41) is 6.80. The van der Waals surface area contributed by atoms with Gasteiger partial charge in [0.15, 0.2) is 0 Å². The van der Waals surface area contributed by atoms with Crippen molar-refractivity contribution in [1.82, 2.24) is 5.43 Å². The molecule has 2 aromatic carbocycles. The molecule has 25 heavy (non-hydrogen) atoms. The van der Waals surface area contributed by atoms with Gasteiger partial charge in [0, 0.05) is 5.69 Å². The van der Waals surface area contributed by atoms with Crippen LogP contribution in [0.4, 0.5) is 5.69 Å². The molecule has 2 aromatic rings. The number of hydrogen-bond donors (Lipinski definition) is 2. The van der Waals surface area contributed by atoms with E-state index in [0.29, 0.717) is 10.7 Å². The maximum atomic E-state index is 11.8. The number of rotatable bonds is 4. The minimum atomic E-state index is -0.894. The van der Waals surface area contributed by atoms with E-state index < -0.39 is 11.8 Å². The van der Waals surface area contributed by atoms with Crippen molar-refractivity contribution in [3.63, 3.8) is 0 Å². The van der Waals surface area contributed by atoms with Crippen LogP contribution in [0.5, 0.6) is 0 Å². The van der Waals surface area contributed by atoms with Crippen LogP contribution in [0.3, 0.4) is 0 Å². The van der Waals surface area contributed by atoms with E-state index in [9.17, 15) is 9.59 Å². The van der Waals surface area contributed by atoms with Gasteiger partial charge >= 0.3 is 11.8 Å². The lowest BCUT2D eigenvalue weighted by Crippen LogP contribution is -2.32. The minimum absolute atomic E-state index is 0.277. The number of amides is 2. The van der Waals surface area contributed by atoms with Crippen molar-refractivity contribution >= 4 is 53.0 Å². The van der Waals surface area contributed by atoms with Gasteiger partial charge in [-0.1, -0.05) is 59.6 Å². The van der Waals surface area contributed by atoms with Crippen LogP contribution in [0, 0.1) is 0 Å². The molecule has 0 heterocycles. The Morgan fingerprint density at radius 3 is 2.40 bits per heavy atom. The predicted octanol–water partition coefficient (Wildman–Crippen LogP) is 4.14. The van der Waals surface area contributed by atoms with E-state index in [-0.39, 0.29) is 5.02 Å². The van der Waals surface area contributed by atoms with Gasteiger partial charge in [0.1, 0.15) is 0 Å². The lowest BCUT2D eigenvalue weighted by atomic mass is 10.1. The van der Waals surface area contributed by atoms with E-state index >= 15 is 0 Å². The normalized spacial score (nSPS) is 11.4. The lowest BCUT2D eigenvalue weighted by Gasteiger charge is -2.05. The summed E-state index contributed by atoms with van der Waals surface area (Å²) in [6.45, 7) is 1.83. The molecular formula is C18H15Cl2N3O2. The molecule has 2 N–H and O–H groups in total. The number of hydrogen-bond acceptors (Lipinski definition) is 3. The van der Waals surface area contributed by atoms with E-state index in [2.05, 4.69) is 15.8 Å². The summed E-state index contributed by atoms with van der Waals surface area (Å²) in [5.41, 5.74) is 4.35. The first-order valence-corrected chi connectivity index (χ1v) is 8.04. The zero-order valence-electron chi connectivity index (χ0n) is 13.3. The molecule has 0 bridgehead atoms. The van der Waals surface area contributed by atoms with E-state index in [1.165, 1.54) is 24.4 Å². The summed E-state index contributed by atoms with van der Waals surface area (Å²) in [4.78, 5) is 23.5. The van der Waals surface area contributed by atoms with Crippen LogP contribution in [0.25, 0.3) is 6.08 Å². The van der Waals surface area contributed by atoms with Crippen molar-refractivity contribution in [2.75, 3.05) is 5.32 Å². The highest BCUT2D eigenvalue weighted by Gasteiger charge is 2.13. The molecule has 0 unspecified atom stereocenters. The molecule has 2 rings (SSSR count). The predicted molar refractivity (Wildman–Crippen MR) is 102 cm³/mol. The number of halogens is 2. The van der Waals surface area contributed by atoms with Crippen molar-refractivity contribution < 1.29 is 9.59 Å². The van der Waals surface area contributed by atoms with Gasteiger partial charge in [-0.15, -0.1) is 0 Å². The number of allylic oxidation sites excluding steroid dienone is 1. The second-order valence-electron chi connectivity index (χ2n) is 5.08. The first-order valence-electron chi connectivity index (χ1n) is 7.28. The first-order chi connectivity index (χ1) is 12.0. The van der Waals surface area contributed by atoms with Gasteiger partial charge in [0.25, 0.3) is 0 Å². The van der Waals surface area contributed by atoms with Gasteiger partial charge in [-0.25, -0.2) is 5.43 Å². The minimum Gasteiger partial charge on any atom is -0.318 e. The first kappa shape index (κ1) is 18.7. The third kappa shape index (κ3) is 6.06. The SMILES string of the molecule is CC(=C/c1ccccc1)/C=N/NC(=O)C(=O)Nc1ccc(Cl)c(Cl)c1. The number of hydrazone groups is 1. The molecule has 0 aliphatic heterocycles. The molecule has 5 nitrogen and oxygen atoms in total. The van der Waals surface area contributed by atoms with Gasteiger partial charge in [0.05, 0.1) is 16.3 Å². The molecule has 0 spiro atoms. The summed E-state index contributed by atoms with van der Waals surface area (Å²) in [6, 6.07) is 14.2. The maximum absolute atomic E-state index is 11.8. The number of carbonyl (C=O) groups is 2. The second-order valence-corrected chi connectivity index (χ2v) is 5.90. The highest BCUT2D eigenvalue weighted by molar-refractivity contribution is 6.42. The van der Waals surface area contributed by atoms with Crippen LogP contribution in [-0.4, -0.2) is 18.0 Å². The molecule has 0 aliphatic carbocycles. The zero-order valence-corrected chi connectivity index (χ0v) is 14.8. The Morgan fingerprint density at radius 1 is 1.00 bits per heavy atom. The molecule has 0 fully saturated rings. The Morgan fingerprint density at radius 2 is 1.72 bits per heavy atom. The third-order valence-corrected chi connectivity index (χ3v) is 3.75. The molecule has 0 saturated carbocycles. The number of nitrogens with one attached hydrogen (secondary N) is 2. The van der Waals surface area contributed by atoms with E-state index in [1.807, 2.05) is 43.3 Å². The van der Waals surface area contributed by atoms with E-state index in [0.717, 1.165) is 11.1 Å². The lowest BCUT2D eigenvalue weighted by molar-refractivity contribution is -0.136. The molecule has 0 aliphatic rings. The standard InChI is InChI=1S/C18H15Cl2N3O2/c1-12(9-13-5-3-2-4-6-13)11-21-23-18(25)17(24)22-14-7-8-15(19)16(20)10-14/h2-11H,1H3,(H,22,24)(H,23,25)/b12-9-,21-11+. The summed E-state index contributed by atoms with van der Waals surface area (Å²) in [6.07, 6.45) is 3.35. The Kier molecular flexibility index (Phi) is 6.74. The fourth-order valence-electron chi connectivity index (χ4n) is 1.85. The maximum Gasteiger partial charge on any atom is 0.329 e. The van der Waals surface area contributed by atoms with Gasteiger partial charge in [-0.05, 0) is 36.3 Å². The summed E-state index contributed by atoms with van der Waals surface area (Å²) >= 11 is 11.6. The Bertz CT molecular complexity index is 833. The summed E-state index contributed by atoms with van der Waals surface area (Å²) in [7, 11) is 0. The largest absolute Gasteiger partial charge is 0.329 e.